The third-order valence-electron chi connectivity index (χ3n) is 4.47. The van der Waals surface area contributed by atoms with E-state index in [2.05, 4.69) is 21.9 Å². The van der Waals surface area contributed by atoms with E-state index < -0.39 is 0 Å². The molecule has 0 unspecified atom stereocenters. The molecule has 1 aliphatic heterocycles. The van der Waals surface area contributed by atoms with Crippen LogP contribution in [-0.2, 0) is 19.4 Å². The summed E-state index contributed by atoms with van der Waals surface area (Å²) in [4.78, 5) is 0. The highest BCUT2D eigenvalue weighted by atomic mass is 35.5. The van der Waals surface area contributed by atoms with Gasteiger partial charge >= 0.3 is 0 Å². The maximum absolute atomic E-state index is 8.83. The molecule has 24 heavy (non-hydrogen) atoms. The molecule has 0 aliphatic carbocycles. The number of halogens is 1. The molecule has 3 N–H and O–H groups in total. The molecule has 0 atom stereocenters. The van der Waals surface area contributed by atoms with Crippen molar-refractivity contribution in [3.63, 3.8) is 0 Å². The first-order chi connectivity index (χ1) is 11.7. The van der Waals surface area contributed by atoms with Gasteiger partial charge in [-0.15, -0.1) is 0 Å². The number of hydrogen-bond acceptors (Lipinski definition) is 4. The van der Waals surface area contributed by atoms with Crippen LogP contribution in [0.5, 0.6) is 0 Å². The van der Waals surface area contributed by atoms with Crippen LogP contribution in [0, 0.1) is 0 Å². The summed E-state index contributed by atoms with van der Waals surface area (Å²) in [6.45, 7) is 4.48. The van der Waals surface area contributed by atoms with Crippen LogP contribution in [-0.4, -0.2) is 24.0 Å². The van der Waals surface area contributed by atoms with Crippen LogP contribution in [0.1, 0.15) is 29.2 Å². The maximum Gasteiger partial charge on any atom is 0.0836 e. The van der Waals surface area contributed by atoms with Crippen molar-refractivity contribution in [2.24, 2.45) is 5.16 Å². The number of benzene rings is 2. The van der Waals surface area contributed by atoms with Gasteiger partial charge in [-0.25, -0.2) is 0 Å². The van der Waals surface area contributed by atoms with E-state index in [1.165, 1.54) is 11.1 Å². The highest BCUT2D eigenvalue weighted by molar-refractivity contribution is 6.33. The lowest BCUT2D eigenvalue weighted by atomic mass is 10.0. The van der Waals surface area contributed by atoms with Crippen LogP contribution in [0.25, 0.3) is 0 Å². The summed E-state index contributed by atoms with van der Waals surface area (Å²) in [7, 11) is 0. The minimum absolute atomic E-state index is 0.610. The maximum atomic E-state index is 8.83. The summed E-state index contributed by atoms with van der Waals surface area (Å²) in [6.07, 6.45) is 2.03. The van der Waals surface area contributed by atoms with Gasteiger partial charge in [0.2, 0.25) is 0 Å². The number of oxime groups is 1. The summed E-state index contributed by atoms with van der Waals surface area (Å²) >= 11 is 6.44. The molecule has 0 saturated carbocycles. The van der Waals surface area contributed by atoms with Gasteiger partial charge in [-0.05, 0) is 61.2 Å². The van der Waals surface area contributed by atoms with Crippen molar-refractivity contribution in [1.82, 2.24) is 5.32 Å². The summed E-state index contributed by atoms with van der Waals surface area (Å²) in [5, 5.41) is 19.8. The highest BCUT2D eigenvalue weighted by Crippen LogP contribution is 2.31. The SMILES string of the molecule is C/C(=N\O)c1ccc(CNc2c(Cl)ccc3c2CCNCC3)cc1. The fourth-order valence-electron chi connectivity index (χ4n) is 3.05. The van der Waals surface area contributed by atoms with E-state index in [0.717, 1.165) is 47.8 Å². The van der Waals surface area contributed by atoms with E-state index in [-0.39, 0.29) is 0 Å². The Labute approximate surface area is 147 Å². The molecule has 0 radical (unpaired) electrons. The zero-order chi connectivity index (χ0) is 16.9. The number of nitrogens with zero attached hydrogens (tertiary/aromatic N) is 1. The smallest absolute Gasteiger partial charge is 0.0836 e. The molecule has 4 nitrogen and oxygen atoms in total. The fraction of sp³-hybridized carbons (Fsp3) is 0.316. The van der Waals surface area contributed by atoms with Gasteiger partial charge in [0, 0.05) is 6.54 Å². The number of fused-ring (bicyclic) bond motifs is 1. The normalized spacial score (nSPS) is 14.8. The van der Waals surface area contributed by atoms with Crippen LogP contribution in [0.15, 0.2) is 41.6 Å². The van der Waals surface area contributed by atoms with Gasteiger partial charge in [-0.2, -0.15) is 0 Å². The molecule has 2 aromatic rings. The fourth-order valence-corrected chi connectivity index (χ4v) is 3.29. The van der Waals surface area contributed by atoms with E-state index in [1.807, 2.05) is 30.3 Å². The Morgan fingerprint density at radius 3 is 2.67 bits per heavy atom. The van der Waals surface area contributed by atoms with Crippen LogP contribution < -0.4 is 10.6 Å². The van der Waals surface area contributed by atoms with E-state index in [0.29, 0.717) is 12.3 Å². The van der Waals surface area contributed by atoms with Crippen molar-refractivity contribution >= 4 is 23.0 Å². The average molecular weight is 344 g/mol. The monoisotopic (exact) mass is 343 g/mol. The molecule has 0 aromatic heterocycles. The standard InChI is InChI=1S/C19H22ClN3O/c1-13(23-24)15-4-2-14(3-5-15)12-22-19-17-9-11-21-10-8-16(17)6-7-18(19)20/h2-7,21-22,24H,8-12H2,1H3/b23-13+. The number of hydrogen-bond donors (Lipinski definition) is 3. The van der Waals surface area contributed by atoms with Crippen molar-refractivity contribution in [1.29, 1.82) is 0 Å². The van der Waals surface area contributed by atoms with Crippen LogP contribution in [0.4, 0.5) is 5.69 Å². The van der Waals surface area contributed by atoms with Crippen LogP contribution in [0.2, 0.25) is 5.02 Å². The minimum Gasteiger partial charge on any atom is -0.411 e. The van der Waals surface area contributed by atoms with Gasteiger partial charge in [0.25, 0.3) is 0 Å². The topological polar surface area (TPSA) is 56.7 Å². The number of rotatable bonds is 4. The summed E-state index contributed by atoms with van der Waals surface area (Å²) in [6, 6.07) is 12.1. The van der Waals surface area contributed by atoms with Gasteiger partial charge in [0.15, 0.2) is 0 Å². The van der Waals surface area contributed by atoms with Crippen molar-refractivity contribution in [3.8, 4) is 0 Å². The molecule has 0 spiro atoms. The van der Waals surface area contributed by atoms with Crippen LogP contribution >= 0.6 is 11.6 Å². The van der Waals surface area contributed by atoms with Gasteiger partial charge in [-0.3, -0.25) is 0 Å². The Morgan fingerprint density at radius 1 is 1.17 bits per heavy atom. The molecule has 2 aromatic carbocycles. The zero-order valence-corrected chi connectivity index (χ0v) is 14.5. The lowest BCUT2D eigenvalue weighted by molar-refractivity contribution is 0.319. The first-order valence-corrected chi connectivity index (χ1v) is 8.59. The average Bonchev–Trinajstić information content (AvgIpc) is 2.86. The Balaban J connectivity index is 1.77. The second kappa shape index (κ2) is 7.69. The molecule has 3 rings (SSSR count). The highest BCUT2D eigenvalue weighted by Gasteiger charge is 2.14. The lowest BCUT2D eigenvalue weighted by Crippen LogP contribution is -2.16. The predicted molar refractivity (Wildman–Crippen MR) is 99.5 cm³/mol. The Morgan fingerprint density at radius 2 is 1.92 bits per heavy atom. The zero-order valence-electron chi connectivity index (χ0n) is 13.8. The van der Waals surface area contributed by atoms with Crippen molar-refractivity contribution < 1.29 is 5.21 Å². The quantitative estimate of drug-likeness (QED) is 0.449. The molecular weight excluding hydrogens is 322 g/mol. The van der Waals surface area contributed by atoms with Crippen molar-refractivity contribution in [3.05, 3.63) is 63.7 Å². The first-order valence-electron chi connectivity index (χ1n) is 8.22. The molecule has 1 aliphatic rings. The molecule has 126 valence electrons. The summed E-state index contributed by atoms with van der Waals surface area (Å²) < 4.78 is 0. The number of anilines is 1. The Hall–Kier alpha value is -2.04. The molecular formula is C19H22ClN3O. The van der Waals surface area contributed by atoms with E-state index in [1.54, 1.807) is 6.92 Å². The number of nitrogens with one attached hydrogen (secondary N) is 2. The third kappa shape index (κ3) is 3.71. The second-order valence-electron chi connectivity index (χ2n) is 6.05. The molecule has 0 amide bonds. The molecule has 0 fully saturated rings. The lowest BCUT2D eigenvalue weighted by Gasteiger charge is -2.16. The van der Waals surface area contributed by atoms with E-state index >= 15 is 0 Å². The molecule has 0 bridgehead atoms. The second-order valence-corrected chi connectivity index (χ2v) is 6.45. The third-order valence-corrected chi connectivity index (χ3v) is 4.79. The first kappa shape index (κ1) is 16.8. The molecule has 0 saturated heterocycles. The predicted octanol–water partition coefficient (Wildman–Crippen LogP) is 3.84. The van der Waals surface area contributed by atoms with Gasteiger partial charge < -0.3 is 15.8 Å². The van der Waals surface area contributed by atoms with Crippen molar-refractivity contribution in [2.75, 3.05) is 18.4 Å². The van der Waals surface area contributed by atoms with Gasteiger partial charge in [-0.1, -0.05) is 47.1 Å². The largest absolute Gasteiger partial charge is 0.411 e. The van der Waals surface area contributed by atoms with Gasteiger partial charge in [0.05, 0.1) is 16.4 Å². The summed E-state index contributed by atoms with van der Waals surface area (Å²) in [5.41, 5.74) is 6.43. The Bertz CT molecular complexity index is 741. The molecule has 1 heterocycles. The van der Waals surface area contributed by atoms with Crippen molar-refractivity contribution in [2.45, 2.75) is 26.3 Å². The summed E-state index contributed by atoms with van der Waals surface area (Å²) in [5.74, 6) is 0. The Kier molecular flexibility index (Phi) is 5.38. The van der Waals surface area contributed by atoms with Gasteiger partial charge in [0.1, 0.15) is 0 Å². The van der Waals surface area contributed by atoms with E-state index in [4.69, 9.17) is 16.8 Å². The minimum atomic E-state index is 0.610. The van der Waals surface area contributed by atoms with E-state index in [9.17, 15) is 0 Å². The molecule has 5 heteroatoms. The van der Waals surface area contributed by atoms with Crippen LogP contribution in [0.3, 0.4) is 0 Å².